The van der Waals surface area contributed by atoms with Crippen molar-refractivity contribution in [2.24, 2.45) is 5.92 Å². The molecule has 0 atom stereocenters. The van der Waals surface area contributed by atoms with Gasteiger partial charge in [0.1, 0.15) is 0 Å². The molecule has 7 heteroatoms. The van der Waals surface area contributed by atoms with E-state index in [9.17, 15) is 22.8 Å². The Balaban J connectivity index is 2.06. The monoisotopic (exact) mass is 340 g/mol. The van der Waals surface area contributed by atoms with E-state index in [-0.39, 0.29) is 11.6 Å². The molecule has 2 rings (SSSR count). The van der Waals surface area contributed by atoms with Crippen molar-refractivity contribution in [3.05, 3.63) is 42.0 Å². The predicted octanol–water partition coefficient (Wildman–Crippen LogP) is 3.38. The third-order valence-corrected chi connectivity index (χ3v) is 4.09. The van der Waals surface area contributed by atoms with Gasteiger partial charge >= 0.3 is 6.18 Å². The number of rotatable bonds is 3. The number of hydrogen-bond donors (Lipinski definition) is 1. The molecule has 130 valence electrons. The second-order valence-corrected chi connectivity index (χ2v) is 5.84. The first-order valence-corrected chi connectivity index (χ1v) is 7.62. The second kappa shape index (κ2) is 7.07. The van der Waals surface area contributed by atoms with Crippen LogP contribution < -0.4 is 5.32 Å². The fourth-order valence-electron chi connectivity index (χ4n) is 2.73. The molecule has 0 aliphatic carbocycles. The summed E-state index contributed by atoms with van der Waals surface area (Å²) in [5.41, 5.74) is -0.616. The van der Waals surface area contributed by atoms with Gasteiger partial charge in [-0.2, -0.15) is 13.2 Å². The number of hydrogen-bond acceptors (Lipinski definition) is 2. The molecule has 24 heavy (non-hydrogen) atoms. The third kappa shape index (κ3) is 4.15. The summed E-state index contributed by atoms with van der Waals surface area (Å²) in [5.74, 6) is -1.07. The molecule has 1 aliphatic heterocycles. The molecule has 1 aliphatic rings. The highest BCUT2D eigenvalue weighted by atomic mass is 19.4. The predicted molar refractivity (Wildman–Crippen MR) is 84.3 cm³/mol. The molecule has 1 aromatic carbocycles. The van der Waals surface area contributed by atoms with Gasteiger partial charge < -0.3 is 10.2 Å². The summed E-state index contributed by atoms with van der Waals surface area (Å²) in [6.45, 7) is 5.75. The maximum absolute atomic E-state index is 13.1. The van der Waals surface area contributed by atoms with E-state index >= 15 is 0 Å². The third-order valence-electron chi connectivity index (χ3n) is 4.09. The molecule has 1 heterocycles. The van der Waals surface area contributed by atoms with Gasteiger partial charge in [-0.25, -0.2) is 0 Å². The number of aryl methyl sites for hydroxylation is 1. The summed E-state index contributed by atoms with van der Waals surface area (Å²) in [6, 6.07) is 3.81. The summed E-state index contributed by atoms with van der Waals surface area (Å²) in [6.07, 6.45) is -2.49. The number of halogens is 3. The fraction of sp³-hybridized carbons (Fsp3) is 0.412. The summed E-state index contributed by atoms with van der Waals surface area (Å²) in [7, 11) is 0. The minimum absolute atomic E-state index is 0.202. The van der Waals surface area contributed by atoms with Gasteiger partial charge in [-0.15, -0.1) is 0 Å². The van der Waals surface area contributed by atoms with Gasteiger partial charge in [0.25, 0.3) is 0 Å². The summed E-state index contributed by atoms with van der Waals surface area (Å²) >= 11 is 0. The topological polar surface area (TPSA) is 49.4 Å². The van der Waals surface area contributed by atoms with E-state index in [0.29, 0.717) is 31.5 Å². The first kappa shape index (κ1) is 18.0. The van der Waals surface area contributed by atoms with Crippen molar-refractivity contribution in [2.75, 3.05) is 18.4 Å². The van der Waals surface area contributed by atoms with Crippen molar-refractivity contribution in [1.82, 2.24) is 4.90 Å². The number of amides is 2. The van der Waals surface area contributed by atoms with Crippen LogP contribution in [0.15, 0.2) is 30.9 Å². The van der Waals surface area contributed by atoms with Crippen LogP contribution in [-0.2, 0) is 15.8 Å². The average molecular weight is 340 g/mol. The van der Waals surface area contributed by atoms with Crippen molar-refractivity contribution >= 4 is 17.5 Å². The molecule has 2 amide bonds. The maximum Gasteiger partial charge on any atom is 0.418 e. The van der Waals surface area contributed by atoms with E-state index in [0.717, 1.165) is 6.07 Å². The SMILES string of the molecule is C=CC(=O)N1CCC(C(=O)Nc2ccc(C)cc2C(F)(F)F)CC1. The normalized spacial score (nSPS) is 15.9. The zero-order valence-corrected chi connectivity index (χ0v) is 13.3. The maximum atomic E-state index is 13.1. The van der Waals surface area contributed by atoms with Crippen molar-refractivity contribution in [1.29, 1.82) is 0 Å². The molecule has 4 nitrogen and oxygen atoms in total. The molecule has 1 aromatic rings. The second-order valence-electron chi connectivity index (χ2n) is 5.84. The molecule has 1 N–H and O–H groups in total. The Hall–Kier alpha value is -2.31. The van der Waals surface area contributed by atoms with E-state index in [1.54, 1.807) is 11.8 Å². The molecular formula is C17H19F3N2O2. The van der Waals surface area contributed by atoms with Gasteiger partial charge in [-0.05, 0) is 38.0 Å². The van der Waals surface area contributed by atoms with Gasteiger partial charge in [-0.3, -0.25) is 9.59 Å². The number of carbonyl (C=O) groups is 2. The van der Waals surface area contributed by atoms with Gasteiger partial charge in [0.05, 0.1) is 11.3 Å². The zero-order valence-electron chi connectivity index (χ0n) is 13.3. The highest BCUT2D eigenvalue weighted by Crippen LogP contribution is 2.35. The highest BCUT2D eigenvalue weighted by Gasteiger charge is 2.35. The molecule has 0 radical (unpaired) electrons. The molecule has 0 spiro atoms. The molecule has 0 saturated carbocycles. The van der Waals surface area contributed by atoms with Crippen LogP contribution in [0.4, 0.5) is 18.9 Å². The number of nitrogens with one attached hydrogen (secondary N) is 1. The Labute approximate surface area is 138 Å². The number of piperidine rings is 1. The minimum Gasteiger partial charge on any atom is -0.339 e. The Morgan fingerprint density at radius 3 is 2.46 bits per heavy atom. The van der Waals surface area contributed by atoms with Crippen LogP contribution in [-0.4, -0.2) is 29.8 Å². The molecule has 0 bridgehead atoms. The van der Waals surface area contributed by atoms with Gasteiger partial charge in [0, 0.05) is 19.0 Å². The Kier molecular flexibility index (Phi) is 5.31. The highest BCUT2D eigenvalue weighted by molar-refractivity contribution is 5.94. The summed E-state index contributed by atoms with van der Waals surface area (Å²) in [5, 5.41) is 2.39. The Morgan fingerprint density at radius 2 is 1.92 bits per heavy atom. The van der Waals surface area contributed by atoms with Crippen LogP contribution >= 0.6 is 0 Å². The first-order valence-electron chi connectivity index (χ1n) is 7.62. The van der Waals surface area contributed by atoms with Crippen LogP contribution in [0.2, 0.25) is 0 Å². The Morgan fingerprint density at radius 1 is 1.29 bits per heavy atom. The van der Waals surface area contributed by atoms with Crippen molar-refractivity contribution in [3.8, 4) is 0 Å². The Bertz CT molecular complexity index is 648. The molecule has 1 saturated heterocycles. The van der Waals surface area contributed by atoms with Crippen LogP contribution in [0.1, 0.15) is 24.0 Å². The molecule has 0 unspecified atom stereocenters. The quantitative estimate of drug-likeness (QED) is 0.858. The van der Waals surface area contributed by atoms with Crippen molar-refractivity contribution in [2.45, 2.75) is 25.9 Å². The number of anilines is 1. The van der Waals surface area contributed by atoms with E-state index in [2.05, 4.69) is 11.9 Å². The van der Waals surface area contributed by atoms with Crippen LogP contribution in [0.5, 0.6) is 0 Å². The lowest BCUT2D eigenvalue weighted by atomic mass is 9.95. The summed E-state index contributed by atoms with van der Waals surface area (Å²) < 4.78 is 39.3. The van der Waals surface area contributed by atoms with Crippen LogP contribution in [0.25, 0.3) is 0 Å². The van der Waals surface area contributed by atoms with E-state index in [4.69, 9.17) is 0 Å². The van der Waals surface area contributed by atoms with E-state index in [1.165, 1.54) is 18.2 Å². The number of alkyl halides is 3. The zero-order chi connectivity index (χ0) is 17.9. The lowest BCUT2D eigenvalue weighted by Crippen LogP contribution is -2.40. The number of likely N-dealkylation sites (tertiary alicyclic amines) is 1. The first-order chi connectivity index (χ1) is 11.2. The minimum atomic E-state index is -4.53. The fourth-order valence-corrected chi connectivity index (χ4v) is 2.73. The standard InChI is InChI=1S/C17H19F3N2O2/c1-3-15(23)22-8-6-12(7-9-22)16(24)21-14-5-4-11(2)10-13(14)17(18,19)20/h3-5,10,12H,1,6-9H2,2H3,(H,21,24). The molecule has 1 fully saturated rings. The lowest BCUT2D eigenvalue weighted by molar-refractivity contribution is -0.137. The van der Waals surface area contributed by atoms with Crippen LogP contribution in [0, 0.1) is 12.8 Å². The van der Waals surface area contributed by atoms with Crippen LogP contribution in [0.3, 0.4) is 0 Å². The van der Waals surface area contributed by atoms with Crippen molar-refractivity contribution < 1.29 is 22.8 Å². The smallest absolute Gasteiger partial charge is 0.339 e. The molecule has 0 aromatic heterocycles. The van der Waals surface area contributed by atoms with Gasteiger partial charge in [-0.1, -0.05) is 18.2 Å². The van der Waals surface area contributed by atoms with E-state index < -0.39 is 23.6 Å². The number of carbonyl (C=O) groups excluding carboxylic acids is 2. The number of benzene rings is 1. The van der Waals surface area contributed by atoms with Gasteiger partial charge in [0.15, 0.2) is 0 Å². The summed E-state index contributed by atoms with van der Waals surface area (Å²) in [4.78, 5) is 25.4. The number of nitrogens with zero attached hydrogens (tertiary/aromatic N) is 1. The van der Waals surface area contributed by atoms with E-state index in [1.807, 2.05) is 0 Å². The van der Waals surface area contributed by atoms with Crippen molar-refractivity contribution in [3.63, 3.8) is 0 Å². The lowest BCUT2D eigenvalue weighted by Gasteiger charge is -2.30. The molecular weight excluding hydrogens is 321 g/mol. The largest absolute Gasteiger partial charge is 0.418 e. The van der Waals surface area contributed by atoms with Gasteiger partial charge in [0.2, 0.25) is 11.8 Å². The average Bonchev–Trinajstić information content (AvgIpc) is 2.55.